The van der Waals surface area contributed by atoms with Gasteiger partial charge in [0.05, 0.1) is 39.6 Å². The maximum atomic E-state index is 11.5. The minimum absolute atomic E-state index is 0.163. The van der Waals surface area contributed by atoms with Crippen LogP contribution in [0.4, 0.5) is 0 Å². The van der Waals surface area contributed by atoms with Crippen LogP contribution in [0.2, 0.25) is 0 Å². The van der Waals surface area contributed by atoms with E-state index in [-0.39, 0.29) is 10.8 Å². The molecule has 0 aliphatic heterocycles. The molecule has 69 heavy (non-hydrogen) atoms. The van der Waals surface area contributed by atoms with E-state index in [1.54, 1.807) is 0 Å². The second-order valence-electron chi connectivity index (χ2n) is 28.5. The molecule has 0 aromatic carbocycles. The molecule has 1 aromatic heterocycles. The molecule has 0 saturated carbocycles. The van der Waals surface area contributed by atoms with Crippen LogP contribution in [0.25, 0.3) is 0 Å². The van der Waals surface area contributed by atoms with Crippen LogP contribution >= 0.6 is 0 Å². The lowest BCUT2D eigenvalue weighted by Gasteiger charge is -2.20. The van der Waals surface area contributed by atoms with Gasteiger partial charge in [0.25, 0.3) is 0 Å². The summed E-state index contributed by atoms with van der Waals surface area (Å²) in [4.78, 5) is 27.7. The highest BCUT2D eigenvalue weighted by Crippen LogP contribution is 2.24. The van der Waals surface area contributed by atoms with Gasteiger partial charge in [-0.05, 0) is 107 Å². The van der Waals surface area contributed by atoms with Gasteiger partial charge in [-0.1, -0.05) is 172 Å². The van der Waals surface area contributed by atoms with Crippen LogP contribution in [-0.4, -0.2) is 96.0 Å². The van der Waals surface area contributed by atoms with Crippen molar-refractivity contribution in [2.75, 3.05) is 79.2 Å². The average Bonchev–Trinajstić information content (AvgIpc) is 3.11. The van der Waals surface area contributed by atoms with Crippen LogP contribution < -0.4 is 10.6 Å². The molecular formula is C59H117N3O7. The molecule has 1 rings (SSSR count). The fraction of sp³-hybridized carbons (Fsp3) is 0.881. The zero-order valence-corrected chi connectivity index (χ0v) is 50.2. The summed E-state index contributed by atoms with van der Waals surface area (Å²) >= 11 is 0. The van der Waals surface area contributed by atoms with Gasteiger partial charge in [-0.2, -0.15) is 0 Å². The smallest absolute Gasteiger partial charge is 0.309 e. The molecule has 0 radical (unpaired) electrons. The van der Waals surface area contributed by atoms with Gasteiger partial charge in [0, 0.05) is 50.9 Å². The number of nitrogens with zero attached hydrogens (tertiary/aromatic N) is 1. The second-order valence-corrected chi connectivity index (χ2v) is 28.5. The molecule has 0 bridgehead atoms. The Morgan fingerprint density at radius 3 is 0.768 bits per heavy atom. The average molecular weight is 981 g/mol. The van der Waals surface area contributed by atoms with Gasteiger partial charge in [0.2, 0.25) is 0 Å². The molecule has 10 nitrogen and oxygen atoms in total. The van der Waals surface area contributed by atoms with Crippen molar-refractivity contribution in [3.8, 4) is 0 Å². The standard InChI is InChI=1S/C16H34O3.C15H25N.C14H28N2O2.C14H30O2/c1-15(2,3)7-9-17-11-13-19-14-12-18-10-8-16(4,5)6;1-14(2,3)10-12-8-7-9-13(16-12)11-15(4,5)6;1-13(2,3)7-9-15-11(17)12(18)16-10-8-14(4,5)6;1-13(2,3)7-9-15-11-12-16-10-8-14(4,5)6/h7-14H2,1-6H3;7-9H,10-11H2,1-6H3;7-10H2,1-6H3,(H,15,17)(H,16,18);7-12H2,1-6H3. The Bertz CT molecular complexity index is 1320. The van der Waals surface area contributed by atoms with Crippen molar-refractivity contribution in [1.29, 1.82) is 0 Å². The molecule has 410 valence electrons. The number of rotatable bonds is 23. The van der Waals surface area contributed by atoms with Crippen molar-refractivity contribution in [2.24, 2.45) is 43.3 Å². The minimum Gasteiger partial charge on any atom is -0.379 e. The third-order valence-electron chi connectivity index (χ3n) is 9.92. The summed E-state index contributed by atoms with van der Waals surface area (Å²) in [6.45, 7) is 61.4. The number of hydrogen-bond donors (Lipinski definition) is 2. The molecular weight excluding hydrogens is 863 g/mol. The van der Waals surface area contributed by atoms with E-state index in [0.29, 0.717) is 72.0 Å². The number of carbonyl (C=O) groups is 2. The second kappa shape index (κ2) is 35.1. The highest BCUT2D eigenvalue weighted by molar-refractivity contribution is 6.35. The fourth-order valence-corrected chi connectivity index (χ4v) is 5.45. The molecule has 2 N–H and O–H groups in total. The summed E-state index contributed by atoms with van der Waals surface area (Å²) in [5.41, 5.74) is 4.82. The lowest BCUT2D eigenvalue weighted by molar-refractivity contribution is -0.139. The summed E-state index contributed by atoms with van der Waals surface area (Å²) in [5, 5.41) is 5.27. The highest BCUT2D eigenvalue weighted by atomic mass is 16.5. The van der Waals surface area contributed by atoms with Gasteiger partial charge >= 0.3 is 11.8 Å². The van der Waals surface area contributed by atoms with E-state index in [1.165, 1.54) is 11.4 Å². The topological polar surface area (TPSA) is 117 Å². The SMILES string of the molecule is CC(C)(C)CCNC(=O)C(=O)NCCC(C)(C)C.CC(C)(C)CCOCCOCCC(C)(C)C.CC(C)(C)CCOCCOCCOCCC(C)(C)C.CC(C)(C)Cc1cccc(CC(C)(C)C)n1. The van der Waals surface area contributed by atoms with Crippen LogP contribution in [0, 0.1) is 43.3 Å². The van der Waals surface area contributed by atoms with E-state index >= 15 is 0 Å². The number of carbonyl (C=O) groups excluding carboxylic acids is 2. The van der Waals surface area contributed by atoms with Gasteiger partial charge in [-0.3, -0.25) is 14.6 Å². The van der Waals surface area contributed by atoms with E-state index < -0.39 is 11.8 Å². The maximum absolute atomic E-state index is 11.5. The summed E-state index contributed by atoms with van der Waals surface area (Å²) < 4.78 is 27.5. The van der Waals surface area contributed by atoms with Crippen molar-refractivity contribution in [3.63, 3.8) is 0 Å². The van der Waals surface area contributed by atoms with Crippen molar-refractivity contribution >= 4 is 11.8 Å². The minimum atomic E-state index is -0.534. The van der Waals surface area contributed by atoms with Gasteiger partial charge in [-0.15, -0.1) is 0 Å². The molecule has 0 atom stereocenters. The first kappa shape index (κ1) is 71.1. The largest absolute Gasteiger partial charge is 0.379 e. The van der Waals surface area contributed by atoms with E-state index in [0.717, 1.165) is 91.0 Å². The Labute approximate surface area is 428 Å². The Kier molecular flexibility index (Phi) is 36.2. The Morgan fingerprint density at radius 2 is 0.565 bits per heavy atom. The molecule has 2 amide bonds. The highest BCUT2D eigenvalue weighted by Gasteiger charge is 2.18. The zero-order chi connectivity index (χ0) is 54.2. The molecule has 0 unspecified atom stereocenters. The van der Waals surface area contributed by atoms with Crippen LogP contribution in [0.3, 0.4) is 0 Å². The Morgan fingerprint density at radius 1 is 0.348 bits per heavy atom. The lowest BCUT2D eigenvalue weighted by Crippen LogP contribution is -2.41. The molecule has 1 aromatic rings. The van der Waals surface area contributed by atoms with Crippen molar-refractivity contribution in [2.45, 2.75) is 218 Å². The number of pyridine rings is 1. The molecule has 0 saturated heterocycles. The van der Waals surface area contributed by atoms with Crippen LogP contribution in [0.1, 0.15) is 216 Å². The summed E-state index contributed by atoms with van der Waals surface area (Å²) in [5.74, 6) is -1.07. The molecule has 0 fully saturated rings. The van der Waals surface area contributed by atoms with Crippen molar-refractivity contribution < 1.29 is 33.3 Å². The number of hydrogen-bond acceptors (Lipinski definition) is 8. The van der Waals surface area contributed by atoms with Gasteiger partial charge in [-0.25, -0.2) is 0 Å². The predicted molar refractivity (Wildman–Crippen MR) is 295 cm³/mol. The van der Waals surface area contributed by atoms with E-state index in [1.807, 2.05) is 0 Å². The maximum Gasteiger partial charge on any atom is 0.309 e. The Hall–Kier alpha value is -2.11. The van der Waals surface area contributed by atoms with Crippen molar-refractivity contribution in [1.82, 2.24) is 15.6 Å². The number of aromatic nitrogens is 1. The summed E-state index contributed by atoms with van der Waals surface area (Å²) in [7, 11) is 0. The van der Waals surface area contributed by atoms with Gasteiger partial charge < -0.3 is 34.3 Å². The van der Waals surface area contributed by atoms with E-state index in [9.17, 15) is 9.59 Å². The first-order valence-corrected chi connectivity index (χ1v) is 26.5. The normalized spacial score (nSPS) is 12.8. The zero-order valence-electron chi connectivity index (χ0n) is 50.2. The lowest BCUT2D eigenvalue weighted by atomic mass is 9.88. The first-order valence-electron chi connectivity index (χ1n) is 26.5. The van der Waals surface area contributed by atoms with E-state index in [4.69, 9.17) is 28.7 Å². The van der Waals surface area contributed by atoms with Gasteiger partial charge in [0.1, 0.15) is 0 Å². The summed E-state index contributed by atoms with van der Waals surface area (Å²) in [6.07, 6.45) is 8.19. The number of ether oxygens (including phenoxy) is 5. The van der Waals surface area contributed by atoms with Crippen molar-refractivity contribution in [3.05, 3.63) is 29.6 Å². The van der Waals surface area contributed by atoms with Crippen LogP contribution in [-0.2, 0) is 46.1 Å². The number of nitrogens with one attached hydrogen (secondary N) is 2. The van der Waals surface area contributed by atoms with E-state index in [2.05, 4.69) is 195 Å². The monoisotopic (exact) mass is 980 g/mol. The first-order chi connectivity index (χ1) is 31.1. The van der Waals surface area contributed by atoms with Gasteiger partial charge in [0.15, 0.2) is 0 Å². The molecule has 10 heteroatoms. The molecule has 0 spiro atoms. The number of amides is 2. The summed E-state index contributed by atoms with van der Waals surface area (Å²) in [6, 6.07) is 6.41. The van der Waals surface area contributed by atoms with Crippen LogP contribution in [0.5, 0.6) is 0 Å². The fourth-order valence-electron chi connectivity index (χ4n) is 5.45. The molecule has 0 aliphatic rings. The Balaban J connectivity index is -0.000000844. The predicted octanol–water partition coefficient (Wildman–Crippen LogP) is 14.2. The molecule has 1 heterocycles. The third kappa shape index (κ3) is 63.9. The third-order valence-corrected chi connectivity index (χ3v) is 9.92. The molecule has 0 aliphatic carbocycles. The quantitative estimate of drug-likeness (QED) is 0.0822. The van der Waals surface area contributed by atoms with Crippen LogP contribution in [0.15, 0.2) is 18.2 Å².